The van der Waals surface area contributed by atoms with E-state index in [1.165, 1.54) is 50.7 Å². The van der Waals surface area contributed by atoms with E-state index in [1.807, 2.05) is 0 Å². The molecule has 4 saturated carbocycles. The van der Waals surface area contributed by atoms with Crippen molar-refractivity contribution in [1.29, 1.82) is 0 Å². The van der Waals surface area contributed by atoms with Gasteiger partial charge in [0.15, 0.2) is 0 Å². The number of rotatable bonds is 4. The van der Waals surface area contributed by atoms with Crippen molar-refractivity contribution in [3.63, 3.8) is 0 Å². The summed E-state index contributed by atoms with van der Waals surface area (Å²) in [7, 11) is 0. The Balaban J connectivity index is 1.47. The lowest BCUT2D eigenvalue weighted by molar-refractivity contribution is -0.0503. The van der Waals surface area contributed by atoms with Crippen LogP contribution in [0.5, 0.6) is 0 Å². The largest absolute Gasteiger partial charge is 0.350 e. The Kier molecular flexibility index (Phi) is 3.89. The second kappa shape index (κ2) is 5.94. The van der Waals surface area contributed by atoms with Gasteiger partial charge in [-0.1, -0.05) is 11.6 Å². The lowest BCUT2D eigenvalue weighted by atomic mass is 9.49. The molecular weight excluding hydrogens is 326 g/mol. The van der Waals surface area contributed by atoms with Crippen molar-refractivity contribution in [2.45, 2.75) is 38.5 Å². The molecule has 0 radical (unpaired) electrons. The molecule has 0 saturated heterocycles. The first kappa shape index (κ1) is 15.7. The summed E-state index contributed by atoms with van der Waals surface area (Å²) >= 11 is 6.09. The van der Waals surface area contributed by atoms with Crippen LogP contribution in [0.2, 0.25) is 5.02 Å². The Morgan fingerprint density at radius 2 is 1.92 bits per heavy atom. The molecule has 0 unspecified atom stereocenters. The summed E-state index contributed by atoms with van der Waals surface area (Å²) in [4.78, 5) is 19.3. The van der Waals surface area contributed by atoms with Crippen LogP contribution in [0.4, 0.5) is 5.82 Å². The molecule has 4 bridgehead atoms. The van der Waals surface area contributed by atoms with E-state index in [0.717, 1.165) is 17.8 Å². The van der Waals surface area contributed by atoms with Crippen LogP contribution >= 0.6 is 11.6 Å². The van der Waals surface area contributed by atoms with Crippen molar-refractivity contribution in [2.24, 2.45) is 28.3 Å². The van der Waals surface area contributed by atoms with Crippen molar-refractivity contribution in [3.05, 3.63) is 33.3 Å². The van der Waals surface area contributed by atoms with Crippen LogP contribution in [0, 0.1) is 23.2 Å². The van der Waals surface area contributed by atoms with Gasteiger partial charge in [0.1, 0.15) is 11.5 Å². The predicted molar refractivity (Wildman–Crippen MR) is 91.0 cm³/mol. The molecule has 1 heterocycles. The van der Waals surface area contributed by atoms with Crippen LogP contribution in [-0.2, 0) is 0 Å². The molecule has 7 heteroatoms. The number of hydrogen-bond acceptors (Lipinski definition) is 3. The van der Waals surface area contributed by atoms with Gasteiger partial charge in [-0.2, -0.15) is 0 Å². The molecule has 0 atom stereocenters. The fourth-order valence-corrected chi connectivity index (χ4v) is 5.74. The molecule has 4 fully saturated rings. The van der Waals surface area contributed by atoms with Crippen LogP contribution < -0.4 is 5.32 Å². The molecular formula is C17H20ClN5O. The van der Waals surface area contributed by atoms with Gasteiger partial charge < -0.3 is 5.32 Å². The van der Waals surface area contributed by atoms with E-state index < -0.39 is 0 Å². The Labute approximate surface area is 145 Å². The number of azide groups is 1. The van der Waals surface area contributed by atoms with Crippen LogP contribution in [0.15, 0.2) is 17.2 Å². The zero-order valence-electron chi connectivity index (χ0n) is 13.4. The first-order valence-electron chi connectivity index (χ1n) is 8.57. The number of pyridine rings is 1. The first-order valence-corrected chi connectivity index (χ1v) is 8.94. The van der Waals surface area contributed by atoms with Gasteiger partial charge in [0.25, 0.3) is 5.91 Å². The van der Waals surface area contributed by atoms with Gasteiger partial charge >= 0.3 is 0 Å². The maximum atomic E-state index is 12.5. The second-order valence-corrected chi connectivity index (χ2v) is 8.20. The van der Waals surface area contributed by atoms with Crippen molar-refractivity contribution in [1.82, 2.24) is 10.3 Å². The average Bonchev–Trinajstić information content (AvgIpc) is 2.53. The van der Waals surface area contributed by atoms with Crippen LogP contribution in [0.1, 0.15) is 49.0 Å². The van der Waals surface area contributed by atoms with Gasteiger partial charge in [-0.05, 0) is 84.5 Å². The number of aromatic nitrogens is 1. The molecule has 4 aliphatic carbocycles. The van der Waals surface area contributed by atoms with Gasteiger partial charge in [0, 0.05) is 11.5 Å². The summed E-state index contributed by atoms with van der Waals surface area (Å²) < 4.78 is 0. The minimum Gasteiger partial charge on any atom is -0.350 e. The SMILES string of the molecule is [N-]=[N+]=Nc1ccc(Cl)c(C(=O)NCC23CC4CC(CC(C4)C2)C3)n1. The fourth-order valence-electron chi connectivity index (χ4n) is 5.55. The minimum absolute atomic E-state index is 0.131. The summed E-state index contributed by atoms with van der Waals surface area (Å²) in [6.45, 7) is 0.694. The number of amides is 1. The highest BCUT2D eigenvalue weighted by molar-refractivity contribution is 6.33. The molecule has 5 rings (SSSR count). The highest BCUT2D eigenvalue weighted by atomic mass is 35.5. The van der Waals surface area contributed by atoms with Gasteiger partial charge in [-0.25, -0.2) is 4.98 Å². The molecule has 6 nitrogen and oxygen atoms in total. The second-order valence-electron chi connectivity index (χ2n) is 7.79. The van der Waals surface area contributed by atoms with Crippen LogP contribution in [-0.4, -0.2) is 17.4 Å². The Bertz CT molecular complexity index is 692. The molecule has 0 spiro atoms. The number of halogens is 1. The Hall–Kier alpha value is -1.78. The standard InChI is InChI=1S/C17H20ClN5O/c18-13-1-2-14(22-23-19)21-15(13)16(24)20-9-17-6-10-3-11(7-17)5-12(4-10)8-17/h1-2,10-12H,3-9H2,(H,20,24). The highest BCUT2D eigenvalue weighted by Gasteiger charge is 2.50. The molecule has 0 aliphatic heterocycles. The molecule has 0 aromatic carbocycles. The first-order chi connectivity index (χ1) is 11.6. The summed E-state index contributed by atoms with van der Waals surface area (Å²) in [5.74, 6) is 2.42. The number of nitrogens with one attached hydrogen (secondary N) is 1. The quantitative estimate of drug-likeness (QED) is 0.490. The van der Waals surface area contributed by atoms with E-state index in [9.17, 15) is 4.79 Å². The number of carbonyl (C=O) groups is 1. The van der Waals surface area contributed by atoms with Crippen molar-refractivity contribution >= 4 is 23.3 Å². The Morgan fingerprint density at radius 1 is 1.29 bits per heavy atom. The topological polar surface area (TPSA) is 90.8 Å². The molecule has 1 aromatic heterocycles. The van der Waals surface area contributed by atoms with E-state index in [1.54, 1.807) is 0 Å². The lowest BCUT2D eigenvalue weighted by Gasteiger charge is -2.56. The van der Waals surface area contributed by atoms with E-state index in [0.29, 0.717) is 6.54 Å². The molecule has 126 valence electrons. The Morgan fingerprint density at radius 3 is 2.50 bits per heavy atom. The van der Waals surface area contributed by atoms with Crippen molar-refractivity contribution in [3.8, 4) is 0 Å². The van der Waals surface area contributed by atoms with Gasteiger partial charge in [0.05, 0.1) is 5.02 Å². The number of carbonyl (C=O) groups excluding carboxylic acids is 1. The average molecular weight is 346 g/mol. The van der Waals surface area contributed by atoms with Crippen LogP contribution in [0.3, 0.4) is 0 Å². The highest BCUT2D eigenvalue weighted by Crippen LogP contribution is 2.59. The lowest BCUT2D eigenvalue weighted by Crippen LogP contribution is -2.51. The normalized spacial score (nSPS) is 33.1. The molecule has 4 aliphatic rings. The molecule has 1 N–H and O–H groups in total. The molecule has 1 aromatic rings. The maximum Gasteiger partial charge on any atom is 0.271 e. The molecule has 24 heavy (non-hydrogen) atoms. The van der Waals surface area contributed by atoms with Crippen molar-refractivity contribution in [2.75, 3.05) is 6.54 Å². The van der Waals surface area contributed by atoms with E-state index in [2.05, 4.69) is 20.3 Å². The fraction of sp³-hybridized carbons (Fsp3) is 0.647. The monoisotopic (exact) mass is 345 g/mol. The smallest absolute Gasteiger partial charge is 0.271 e. The predicted octanol–water partition coefficient (Wildman–Crippen LogP) is 4.62. The zero-order chi connectivity index (χ0) is 16.7. The summed E-state index contributed by atoms with van der Waals surface area (Å²) in [6.07, 6.45) is 7.86. The van der Waals surface area contributed by atoms with E-state index in [-0.39, 0.29) is 27.9 Å². The number of hydrogen-bond donors (Lipinski definition) is 1. The van der Waals surface area contributed by atoms with Crippen LogP contribution in [0.25, 0.3) is 10.4 Å². The summed E-state index contributed by atoms with van der Waals surface area (Å²) in [5, 5.41) is 6.75. The minimum atomic E-state index is -0.286. The van der Waals surface area contributed by atoms with Gasteiger partial charge in [-0.3, -0.25) is 4.79 Å². The maximum absolute atomic E-state index is 12.5. The third-order valence-electron chi connectivity index (χ3n) is 5.98. The van der Waals surface area contributed by atoms with E-state index >= 15 is 0 Å². The van der Waals surface area contributed by atoms with Crippen molar-refractivity contribution < 1.29 is 4.79 Å². The van der Waals surface area contributed by atoms with Gasteiger partial charge in [-0.15, -0.1) is 0 Å². The zero-order valence-corrected chi connectivity index (χ0v) is 14.2. The van der Waals surface area contributed by atoms with E-state index in [4.69, 9.17) is 17.1 Å². The summed E-state index contributed by atoms with van der Waals surface area (Å²) in [6, 6.07) is 3.04. The third-order valence-corrected chi connectivity index (χ3v) is 6.29. The summed E-state index contributed by atoms with van der Waals surface area (Å²) in [5.41, 5.74) is 8.90. The number of nitrogens with zero attached hydrogens (tertiary/aromatic N) is 4. The third kappa shape index (κ3) is 2.85. The molecule has 1 amide bonds. The van der Waals surface area contributed by atoms with Gasteiger partial charge in [0.2, 0.25) is 0 Å².